The number of nitrogens with one attached hydrogen (secondary N) is 1. The van der Waals surface area contributed by atoms with Crippen LogP contribution in [0.1, 0.15) is 98.9 Å². The summed E-state index contributed by atoms with van der Waals surface area (Å²) in [6, 6.07) is 12.9. The molecule has 2 saturated heterocycles. The van der Waals surface area contributed by atoms with Crippen LogP contribution in [0.2, 0.25) is 0 Å². The van der Waals surface area contributed by atoms with Crippen LogP contribution in [0, 0.1) is 28.4 Å². The number of carbonyl (C=O) groups is 2. The predicted octanol–water partition coefficient (Wildman–Crippen LogP) is 6.81. The number of nitriles is 1. The van der Waals surface area contributed by atoms with Gasteiger partial charge in [0.2, 0.25) is 15.9 Å². The number of ether oxygens (including phenoxy) is 1. The number of urea groups is 1. The smallest absolute Gasteiger partial charge is 0.329 e. The SMILES string of the molecule is CC(Cc1ccc(F)c(Oc2ccc3ncc(C4CC5(CCN(C6CCC(c7cc8c(cc7F)c(N7CCC(=O)NC7=O)nn8C)CC6)CC5)C4)nc3c2)c1C#N)S(N)(=O)=O. The number of aryl methyl sites for hydroxylation is 1. The quantitative estimate of drug-likeness (QED) is 0.159. The summed E-state index contributed by atoms with van der Waals surface area (Å²) in [6.45, 7) is 3.69. The molecule has 318 valence electrons. The maximum atomic E-state index is 15.8. The standard InChI is InChI=1S/C44H47F2N9O5S/c1-25(61(48,58)59)17-27-5-9-34(45)41(33(27)23-47)60-30-8-10-36-37(18-30)50-38(24-49-36)28-21-44(22-28)12-15-54(16-13-44)29-6-3-26(4-7-29)31-20-39-32(19-35(31)46)42(52-53(39)2)55-14-11-40(56)51-43(55)57/h5,8-10,18-20,24-26,28-29H,3-4,6-7,11-17,21-22H2,1-2H3,(H2,48,58,59)(H,51,56,57). The minimum atomic E-state index is -3.86. The molecule has 3 aromatic carbocycles. The van der Waals surface area contributed by atoms with Gasteiger partial charge in [0.15, 0.2) is 17.4 Å². The second kappa shape index (κ2) is 15.7. The molecule has 1 unspecified atom stereocenters. The number of benzene rings is 3. The molecule has 0 bridgehead atoms. The van der Waals surface area contributed by atoms with Gasteiger partial charge in [-0.25, -0.2) is 32.1 Å². The van der Waals surface area contributed by atoms with E-state index in [4.69, 9.17) is 14.9 Å². The largest absolute Gasteiger partial charge is 0.453 e. The molecule has 4 fully saturated rings. The summed E-state index contributed by atoms with van der Waals surface area (Å²) in [5.41, 5.74) is 4.09. The molecule has 3 N–H and O–H groups in total. The van der Waals surface area contributed by atoms with Crippen LogP contribution in [0.3, 0.4) is 0 Å². The van der Waals surface area contributed by atoms with Gasteiger partial charge in [0.05, 0.1) is 27.5 Å². The van der Waals surface area contributed by atoms with Crippen molar-refractivity contribution in [1.82, 2.24) is 30.0 Å². The first-order valence-electron chi connectivity index (χ1n) is 20.9. The van der Waals surface area contributed by atoms with Crippen molar-refractivity contribution in [3.63, 3.8) is 0 Å². The van der Waals surface area contributed by atoms with Gasteiger partial charge in [-0.15, -0.1) is 0 Å². The second-order valence-electron chi connectivity index (χ2n) is 17.4. The van der Waals surface area contributed by atoms with Crippen molar-refractivity contribution >= 4 is 49.7 Å². The van der Waals surface area contributed by atoms with Crippen LogP contribution >= 0.6 is 0 Å². The molecule has 1 atom stereocenters. The fraction of sp³-hybridized carbons (Fsp3) is 0.455. The van der Waals surface area contributed by atoms with E-state index in [1.165, 1.54) is 24.0 Å². The van der Waals surface area contributed by atoms with Gasteiger partial charge in [-0.05, 0) is 131 Å². The Hall–Kier alpha value is -5.57. The minimum absolute atomic E-state index is 0.0704. The van der Waals surface area contributed by atoms with E-state index >= 15 is 8.78 Å². The Morgan fingerprint density at radius 3 is 2.46 bits per heavy atom. The van der Waals surface area contributed by atoms with Crippen molar-refractivity contribution in [2.45, 2.75) is 94.3 Å². The van der Waals surface area contributed by atoms with Gasteiger partial charge in [-0.2, -0.15) is 10.4 Å². The van der Waals surface area contributed by atoms with E-state index in [-0.39, 0.29) is 65.4 Å². The first-order chi connectivity index (χ1) is 29.2. The van der Waals surface area contributed by atoms with Crippen LogP contribution in [0.4, 0.5) is 19.4 Å². The molecule has 2 aliphatic heterocycles. The monoisotopic (exact) mass is 851 g/mol. The Morgan fingerprint density at radius 2 is 1.75 bits per heavy atom. The minimum Gasteiger partial charge on any atom is -0.453 e. The lowest BCUT2D eigenvalue weighted by molar-refractivity contribution is -0.120. The van der Waals surface area contributed by atoms with Crippen LogP contribution in [0.5, 0.6) is 11.5 Å². The number of halogens is 2. The number of anilines is 1. The van der Waals surface area contributed by atoms with E-state index in [1.807, 2.05) is 18.3 Å². The number of rotatable bonds is 9. The zero-order valence-corrected chi connectivity index (χ0v) is 34.9. The second-order valence-corrected chi connectivity index (χ2v) is 19.4. The van der Waals surface area contributed by atoms with E-state index < -0.39 is 27.1 Å². The average Bonchev–Trinajstić information content (AvgIpc) is 3.54. The lowest BCUT2D eigenvalue weighted by Crippen LogP contribution is -2.50. The molecular formula is C44H47F2N9O5S. The zero-order valence-electron chi connectivity index (χ0n) is 34.0. The fourth-order valence-electron chi connectivity index (χ4n) is 10.1. The van der Waals surface area contributed by atoms with E-state index in [9.17, 15) is 23.3 Å². The van der Waals surface area contributed by atoms with Crippen LogP contribution in [0.25, 0.3) is 21.9 Å². The van der Waals surface area contributed by atoms with E-state index in [2.05, 4.69) is 20.3 Å². The molecule has 3 amide bonds. The highest BCUT2D eigenvalue weighted by Crippen LogP contribution is 2.57. The van der Waals surface area contributed by atoms with Gasteiger partial charge in [0, 0.05) is 49.6 Å². The molecular weight excluding hydrogens is 805 g/mol. The third-order valence-corrected chi connectivity index (χ3v) is 15.0. The van der Waals surface area contributed by atoms with E-state index in [0.29, 0.717) is 39.4 Å². The Labute approximate surface area is 352 Å². The Kier molecular flexibility index (Phi) is 10.5. The normalized spacial score (nSPS) is 21.7. The number of nitrogens with zero attached hydrogens (tertiary/aromatic N) is 7. The van der Waals surface area contributed by atoms with Crippen molar-refractivity contribution in [3.8, 4) is 17.6 Å². The number of likely N-dealkylation sites (tertiary alicyclic amines) is 1. The maximum absolute atomic E-state index is 15.8. The number of piperidine rings is 1. The molecule has 14 nitrogen and oxygen atoms in total. The Bertz CT molecular complexity index is 2730. The van der Waals surface area contributed by atoms with Gasteiger partial charge in [0.1, 0.15) is 23.2 Å². The van der Waals surface area contributed by atoms with Crippen LogP contribution < -0.4 is 20.1 Å². The molecule has 4 heterocycles. The van der Waals surface area contributed by atoms with E-state index in [0.717, 1.165) is 81.7 Å². The average molecular weight is 852 g/mol. The van der Waals surface area contributed by atoms with Crippen molar-refractivity contribution in [2.24, 2.45) is 17.6 Å². The predicted molar refractivity (Wildman–Crippen MR) is 223 cm³/mol. The highest BCUT2D eigenvalue weighted by Gasteiger charge is 2.47. The first kappa shape index (κ1) is 40.8. The van der Waals surface area contributed by atoms with Gasteiger partial charge in [0.25, 0.3) is 0 Å². The van der Waals surface area contributed by atoms with Crippen molar-refractivity contribution in [2.75, 3.05) is 24.5 Å². The third-order valence-electron chi connectivity index (χ3n) is 13.7. The molecule has 2 aliphatic carbocycles. The molecule has 9 rings (SSSR count). The molecule has 17 heteroatoms. The number of fused-ring (bicyclic) bond motifs is 2. The summed E-state index contributed by atoms with van der Waals surface area (Å²) >= 11 is 0. The van der Waals surface area contributed by atoms with Gasteiger partial charge in [-0.1, -0.05) is 6.07 Å². The lowest BCUT2D eigenvalue weighted by Gasteiger charge is -2.53. The molecule has 4 aliphatic rings. The van der Waals surface area contributed by atoms with Gasteiger partial charge in [-0.3, -0.25) is 24.7 Å². The van der Waals surface area contributed by atoms with Crippen LogP contribution in [-0.4, -0.2) is 75.9 Å². The number of carbonyl (C=O) groups excluding carboxylic acids is 2. The van der Waals surface area contributed by atoms with Gasteiger partial charge >= 0.3 is 6.03 Å². The number of nitrogens with two attached hydrogens (primary N) is 1. The topological polar surface area (TPSA) is 189 Å². The summed E-state index contributed by atoms with van der Waals surface area (Å²) in [4.78, 5) is 37.8. The number of imide groups is 1. The van der Waals surface area contributed by atoms with Gasteiger partial charge < -0.3 is 9.64 Å². The number of primary sulfonamides is 1. The Balaban J connectivity index is 0.803. The molecule has 2 aromatic heterocycles. The number of hydrogen-bond acceptors (Lipinski definition) is 10. The number of sulfonamides is 1. The Morgan fingerprint density at radius 1 is 1.00 bits per heavy atom. The summed E-state index contributed by atoms with van der Waals surface area (Å²) in [7, 11) is -2.07. The number of aromatic nitrogens is 4. The van der Waals surface area contributed by atoms with Crippen molar-refractivity contribution in [1.29, 1.82) is 5.26 Å². The summed E-state index contributed by atoms with van der Waals surface area (Å²) in [5.74, 6) is -0.653. The molecule has 5 aromatic rings. The summed E-state index contributed by atoms with van der Waals surface area (Å²) in [6.07, 6.45) is 10.0. The molecule has 0 radical (unpaired) electrons. The van der Waals surface area contributed by atoms with Crippen molar-refractivity contribution < 1.29 is 31.5 Å². The fourth-order valence-corrected chi connectivity index (χ4v) is 10.5. The third kappa shape index (κ3) is 7.81. The first-order valence-corrected chi connectivity index (χ1v) is 22.5. The van der Waals surface area contributed by atoms with Crippen LogP contribution in [-0.2, 0) is 28.3 Å². The highest BCUT2D eigenvalue weighted by molar-refractivity contribution is 7.89. The number of amides is 3. The summed E-state index contributed by atoms with van der Waals surface area (Å²) in [5, 5.41) is 21.6. The molecule has 1 spiro atoms. The summed E-state index contributed by atoms with van der Waals surface area (Å²) < 4.78 is 62.1. The zero-order chi connectivity index (χ0) is 42.8. The highest BCUT2D eigenvalue weighted by atomic mass is 32.2. The van der Waals surface area contributed by atoms with E-state index in [1.54, 1.807) is 29.9 Å². The maximum Gasteiger partial charge on any atom is 0.329 e. The molecule has 61 heavy (non-hydrogen) atoms. The van der Waals surface area contributed by atoms with Crippen LogP contribution in [0.15, 0.2) is 48.7 Å². The molecule has 2 saturated carbocycles. The lowest BCUT2D eigenvalue weighted by atomic mass is 9.56. The number of hydrogen-bond donors (Lipinski definition) is 2. The van der Waals surface area contributed by atoms with Crippen molar-refractivity contribution in [3.05, 3.63) is 82.7 Å².